The van der Waals surface area contributed by atoms with E-state index in [-0.39, 0.29) is 0 Å². The normalized spacial score (nSPS) is 20.7. The highest BCUT2D eigenvalue weighted by atomic mass is 35.5. The molecule has 1 fully saturated rings. The average Bonchev–Trinajstić information content (AvgIpc) is 2.79. The van der Waals surface area contributed by atoms with Crippen LogP contribution in [0.3, 0.4) is 0 Å². The van der Waals surface area contributed by atoms with Crippen LogP contribution >= 0.6 is 11.6 Å². The molecule has 1 unspecified atom stereocenters. The van der Waals surface area contributed by atoms with Gasteiger partial charge in [-0.2, -0.15) is 0 Å². The molecule has 94 valence electrons. The Morgan fingerprint density at radius 1 is 1.59 bits per heavy atom. The molecule has 1 aromatic rings. The van der Waals surface area contributed by atoms with Gasteiger partial charge in [0.1, 0.15) is 23.0 Å². The summed E-state index contributed by atoms with van der Waals surface area (Å²) in [5.41, 5.74) is 5.62. The van der Waals surface area contributed by atoms with Crippen molar-refractivity contribution in [3.63, 3.8) is 0 Å². The highest BCUT2D eigenvalue weighted by Crippen LogP contribution is 2.24. The van der Waals surface area contributed by atoms with E-state index in [0.717, 1.165) is 19.6 Å². The minimum atomic E-state index is 0.325. The molecular formula is C11H18ClN5. The van der Waals surface area contributed by atoms with Crippen LogP contribution in [0.4, 0.5) is 11.6 Å². The Labute approximate surface area is 106 Å². The maximum atomic E-state index is 6.01. The molecule has 2 heterocycles. The molecule has 1 aliphatic rings. The molecular weight excluding hydrogens is 238 g/mol. The predicted molar refractivity (Wildman–Crippen MR) is 70.2 cm³/mol. The Balaban J connectivity index is 1.88. The van der Waals surface area contributed by atoms with E-state index in [1.54, 1.807) is 0 Å². The smallest absolute Gasteiger partial charge is 0.150 e. The summed E-state index contributed by atoms with van der Waals surface area (Å²) in [6, 6.07) is 0. The number of nitrogens with one attached hydrogen (secondary N) is 1. The quantitative estimate of drug-likeness (QED) is 0.853. The molecule has 0 amide bonds. The van der Waals surface area contributed by atoms with E-state index in [9.17, 15) is 0 Å². The SMILES string of the molecule is CCN1CCC(CNc2ncnc(N)c2Cl)C1. The van der Waals surface area contributed by atoms with Crippen molar-refractivity contribution in [1.82, 2.24) is 14.9 Å². The van der Waals surface area contributed by atoms with Crippen LogP contribution in [0.5, 0.6) is 0 Å². The first-order valence-corrected chi connectivity index (χ1v) is 6.30. The van der Waals surface area contributed by atoms with Crippen molar-refractivity contribution in [2.75, 3.05) is 37.2 Å². The average molecular weight is 256 g/mol. The van der Waals surface area contributed by atoms with Gasteiger partial charge in [-0.15, -0.1) is 0 Å². The monoisotopic (exact) mass is 255 g/mol. The summed E-state index contributed by atoms with van der Waals surface area (Å²) in [5, 5.41) is 3.67. The molecule has 5 nitrogen and oxygen atoms in total. The van der Waals surface area contributed by atoms with Crippen molar-refractivity contribution in [2.45, 2.75) is 13.3 Å². The van der Waals surface area contributed by atoms with Gasteiger partial charge in [-0.05, 0) is 25.4 Å². The topological polar surface area (TPSA) is 67.1 Å². The Hall–Kier alpha value is -1.07. The zero-order valence-electron chi connectivity index (χ0n) is 9.99. The summed E-state index contributed by atoms with van der Waals surface area (Å²) in [4.78, 5) is 10.4. The van der Waals surface area contributed by atoms with Crippen molar-refractivity contribution < 1.29 is 0 Å². The molecule has 0 radical (unpaired) electrons. The second-order valence-electron chi connectivity index (χ2n) is 4.35. The summed E-state index contributed by atoms with van der Waals surface area (Å²) in [7, 11) is 0. The minimum absolute atomic E-state index is 0.325. The molecule has 17 heavy (non-hydrogen) atoms. The highest BCUT2D eigenvalue weighted by molar-refractivity contribution is 6.35. The minimum Gasteiger partial charge on any atom is -0.382 e. The maximum Gasteiger partial charge on any atom is 0.150 e. The number of rotatable bonds is 4. The van der Waals surface area contributed by atoms with Gasteiger partial charge in [-0.25, -0.2) is 9.97 Å². The zero-order valence-corrected chi connectivity index (χ0v) is 10.7. The third-order valence-electron chi connectivity index (χ3n) is 3.19. The Kier molecular flexibility index (Phi) is 4.02. The van der Waals surface area contributed by atoms with Gasteiger partial charge in [-0.1, -0.05) is 18.5 Å². The molecule has 0 aromatic carbocycles. The van der Waals surface area contributed by atoms with E-state index in [1.165, 1.54) is 19.3 Å². The van der Waals surface area contributed by atoms with Gasteiger partial charge in [0, 0.05) is 13.1 Å². The number of nitrogens with two attached hydrogens (primary N) is 1. The van der Waals surface area contributed by atoms with Gasteiger partial charge in [0.15, 0.2) is 0 Å². The maximum absolute atomic E-state index is 6.01. The molecule has 1 aliphatic heterocycles. The second-order valence-corrected chi connectivity index (χ2v) is 4.73. The molecule has 1 aromatic heterocycles. The van der Waals surface area contributed by atoms with Crippen molar-refractivity contribution in [2.24, 2.45) is 5.92 Å². The molecule has 0 saturated carbocycles. The molecule has 2 rings (SSSR count). The number of likely N-dealkylation sites (tertiary alicyclic amines) is 1. The number of hydrogen-bond acceptors (Lipinski definition) is 5. The van der Waals surface area contributed by atoms with Gasteiger partial charge < -0.3 is 16.0 Å². The number of aromatic nitrogens is 2. The van der Waals surface area contributed by atoms with Crippen LogP contribution in [0.25, 0.3) is 0 Å². The van der Waals surface area contributed by atoms with Crippen molar-refractivity contribution in [3.8, 4) is 0 Å². The van der Waals surface area contributed by atoms with Gasteiger partial charge in [0.25, 0.3) is 0 Å². The van der Waals surface area contributed by atoms with Crippen LogP contribution in [0.2, 0.25) is 5.02 Å². The molecule has 1 atom stereocenters. The van der Waals surface area contributed by atoms with E-state index < -0.39 is 0 Å². The lowest BCUT2D eigenvalue weighted by Gasteiger charge is -2.14. The highest BCUT2D eigenvalue weighted by Gasteiger charge is 2.21. The number of halogens is 1. The van der Waals surface area contributed by atoms with Crippen molar-refractivity contribution in [1.29, 1.82) is 0 Å². The molecule has 3 N–H and O–H groups in total. The fourth-order valence-corrected chi connectivity index (χ4v) is 2.28. The number of nitrogens with zero attached hydrogens (tertiary/aromatic N) is 3. The number of hydrogen-bond donors (Lipinski definition) is 2. The van der Waals surface area contributed by atoms with Gasteiger partial charge in [0.05, 0.1) is 0 Å². The third kappa shape index (κ3) is 2.98. The lowest BCUT2D eigenvalue weighted by molar-refractivity contribution is 0.345. The van der Waals surface area contributed by atoms with Gasteiger partial charge >= 0.3 is 0 Å². The first-order chi connectivity index (χ1) is 8.20. The zero-order chi connectivity index (χ0) is 12.3. The Morgan fingerprint density at radius 3 is 3.12 bits per heavy atom. The second kappa shape index (κ2) is 5.51. The van der Waals surface area contributed by atoms with Gasteiger partial charge in [-0.3, -0.25) is 0 Å². The van der Waals surface area contributed by atoms with Crippen molar-refractivity contribution >= 4 is 23.2 Å². The summed E-state index contributed by atoms with van der Waals surface area (Å²) < 4.78 is 0. The van der Waals surface area contributed by atoms with E-state index in [1.807, 2.05) is 0 Å². The lowest BCUT2D eigenvalue weighted by Crippen LogP contribution is -2.22. The third-order valence-corrected chi connectivity index (χ3v) is 3.56. The first-order valence-electron chi connectivity index (χ1n) is 5.93. The summed E-state index contributed by atoms with van der Waals surface area (Å²) in [6.45, 7) is 6.52. The van der Waals surface area contributed by atoms with E-state index in [2.05, 4.69) is 27.1 Å². The van der Waals surface area contributed by atoms with Crippen molar-refractivity contribution in [3.05, 3.63) is 11.3 Å². The van der Waals surface area contributed by atoms with Crippen LogP contribution in [0.15, 0.2) is 6.33 Å². The molecule has 1 saturated heterocycles. The van der Waals surface area contributed by atoms with E-state index >= 15 is 0 Å². The van der Waals surface area contributed by atoms with E-state index in [0.29, 0.717) is 22.6 Å². The summed E-state index contributed by atoms with van der Waals surface area (Å²) in [6.07, 6.45) is 2.65. The van der Waals surface area contributed by atoms with Crippen LogP contribution in [-0.2, 0) is 0 Å². The summed E-state index contributed by atoms with van der Waals surface area (Å²) in [5.74, 6) is 1.61. The van der Waals surface area contributed by atoms with Gasteiger partial charge in [0.2, 0.25) is 0 Å². The van der Waals surface area contributed by atoms with E-state index in [4.69, 9.17) is 17.3 Å². The van der Waals surface area contributed by atoms with Crippen LogP contribution in [0.1, 0.15) is 13.3 Å². The Morgan fingerprint density at radius 2 is 2.41 bits per heavy atom. The fraction of sp³-hybridized carbons (Fsp3) is 0.636. The van der Waals surface area contributed by atoms with Crippen LogP contribution in [-0.4, -0.2) is 41.0 Å². The standard InChI is InChI=1S/C11H18ClN5/c1-2-17-4-3-8(6-17)5-14-11-9(12)10(13)15-7-16-11/h7-8H,2-6H2,1H3,(H3,13,14,15,16). The number of anilines is 2. The van der Waals surface area contributed by atoms with Crippen LogP contribution < -0.4 is 11.1 Å². The summed E-state index contributed by atoms with van der Waals surface area (Å²) >= 11 is 6.01. The lowest BCUT2D eigenvalue weighted by atomic mass is 10.1. The first kappa shape index (κ1) is 12.4. The Bertz CT molecular complexity index is 384. The fourth-order valence-electron chi connectivity index (χ4n) is 2.11. The predicted octanol–water partition coefficient (Wildman–Crippen LogP) is 1.47. The largest absolute Gasteiger partial charge is 0.382 e. The molecule has 0 aliphatic carbocycles. The molecule has 6 heteroatoms. The van der Waals surface area contributed by atoms with Crippen LogP contribution in [0, 0.1) is 5.92 Å². The molecule has 0 bridgehead atoms. The molecule has 0 spiro atoms. The number of nitrogen functional groups attached to an aromatic ring is 1.